The maximum Gasteiger partial charge on any atom is 0.407 e. The van der Waals surface area contributed by atoms with Crippen LogP contribution < -0.4 is 15.1 Å². The molecule has 6 aromatic rings. The number of benzene rings is 4. The molecule has 0 radical (unpaired) electrons. The maximum absolute atomic E-state index is 16.9. The third-order valence-electron chi connectivity index (χ3n) is 15.8. The normalized spacial score (nSPS) is 21.9. The smallest absolute Gasteiger partial charge is 0.407 e. The Morgan fingerprint density at radius 2 is 1.29 bits per heavy atom. The van der Waals surface area contributed by atoms with Crippen molar-refractivity contribution < 1.29 is 42.5 Å². The number of methoxy groups -OCH3 is 1. The van der Waals surface area contributed by atoms with Gasteiger partial charge in [-0.05, 0) is 103 Å². The lowest BCUT2D eigenvalue weighted by molar-refractivity contribution is -0.138. The standard InChI is InChI=1S/C56H66F2N10O7/c1-31(2)48(63-55(71)74-6)53(69)66-22-10-14-45(66)51-59-39-18-16-34(26-41(39)61-51)43-20-21-44(68(43)36-28-37(57)50(38(58)29-36)65-24-25-75-47(30-65)33-12-8-7-9-13-33)35-17-19-40-42(27-35)62-52(60-40)46-15-11-23-67(46)54(70)49(32(3)4)64(5)56(72)73/h7-9,12-13,16-19,26-29,31-32,43-49H,10-11,14-15,20-25,30H2,1-6H3,(H,59,61)(H,60,62)(H,63,71)(H,72,73)/t43-,44-,45+,46+,47?,48+,49+/m1/s1. The molecule has 396 valence electrons. The highest BCUT2D eigenvalue weighted by atomic mass is 19.1. The fourth-order valence-corrected chi connectivity index (χ4v) is 12.1. The Labute approximate surface area is 434 Å². The number of amides is 4. The minimum atomic E-state index is -1.17. The maximum atomic E-state index is 16.9. The van der Waals surface area contributed by atoms with Gasteiger partial charge in [0.15, 0.2) is 11.6 Å². The number of ether oxygens (including phenoxy) is 2. The Kier molecular flexibility index (Phi) is 14.4. The number of aromatic nitrogens is 4. The van der Waals surface area contributed by atoms with E-state index in [1.165, 1.54) is 26.3 Å². The van der Waals surface area contributed by atoms with Gasteiger partial charge in [-0.15, -0.1) is 0 Å². The lowest BCUT2D eigenvalue weighted by Crippen LogP contribution is -2.51. The number of likely N-dealkylation sites (N-methyl/N-ethyl adjacent to an activating group) is 1. The molecule has 2 aromatic heterocycles. The lowest BCUT2D eigenvalue weighted by atomic mass is 10.0. The second kappa shape index (κ2) is 21.2. The zero-order valence-electron chi connectivity index (χ0n) is 43.3. The second-order valence-electron chi connectivity index (χ2n) is 21.1. The van der Waals surface area contributed by atoms with Gasteiger partial charge in [0.1, 0.15) is 35.5 Å². The Balaban J connectivity index is 0.982. The molecule has 4 aliphatic heterocycles. The fourth-order valence-electron chi connectivity index (χ4n) is 12.1. The molecule has 0 spiro atoms. The van der Waals surface area contributed by atoms with E-state index in [9.17, 15) is 24.3 Å². The number of likely N-dealkylation sites (tertiary alicyclic amines) is 2. The van der Waals surface area contributed by atoms with Crippen LogP contribution in [0.3, 0.4) is 0 Å². The van der Waals surface area contributed by atoms with Crippen molar-refractivity contribution in [1.82, 2.24) is 40.0 Å². The van der Waals surface area contributed by atoms with Crippen molar-refractivity contribution in [2.24, 2.45) is 11.8 Å². The van der Waals surface area contributed by atoms with E-state index in [-0.39, 0.29) is 66.2 Å². The molecule has 4 aromatic carbocycles. The van der Waals surface area contributed by atoms with Gasteiger partial charge in [-0.3, -0.25) is 14.5 Å². The van der Waals surface area contributed by atoms with Crippen LogP contribution >= 0.6 is 0 Å². The van der Waals surface area contributed by atoms with E-state index in [1.54, 1.807) is 14.7 Å². The van der Waals surface area contributed by atoms with Gasteiger partial charge < -0.3 is 49.5 Å². The summed E-state index contributed by atoms with van der Waals surface area (Å²) in [6.07, 6.45) is 1.93. The van der Waals surface area contributed by atoms with Crippen molar-refractivity contribution in [2.45, 2.75) is 109 Å². The van der Waals surface area contributed by atoms with E-state index in [2.05, 4.69) is 20.2 Å². The fraction of sp³-hybridized carbons (Fsp3) is 0.464. The number of nitrogens with zero attached hydrogens (tertiary/aromatic N) is 7. The number of anilines is 2. The third-order valence-corrected chi connectivity index (χ3v) is 15.8. The number of H-pyrrole nitrogens is 2. The predicted octanol–water partition coefficient (Wildman–Crippen LogP) is 9.72. The van der Waals surface area contributed by atoms with E-state index >= 15 is 8.78 Å². The molecule has 4 aliphatic rings. The number of aromatic amines is 2. The molecule has 7 atom stereocenters. The highest BCUT2D eigenvalue weighted by molar-refractivity contribution is 5.87. The number of carbonyl (C=O) groups excluding carboxylic acids is 3. The summed E-state index contributed by atoms with van der Waals surface area (Å²) < 4.78 is 44.7. The van der Waals surface area contributed by atoms with Crippen molar-refractivity contribution in [1.29, 1.82) is 0 Å². The van der Waals surface area contributed by atoms with E-state index in [4.69, 9.17) is 19.4 Å². The molecule has 0 saturated carbocycles. The minimum absolute atomic E-state index is 0.0970. The number of halogens is 2. The molecule has 17 nitrogen and oxygen atoms in total. The van der Waals surface area contributed by atoms with Gasteiger partial charge >= 0.3 is 12.2 Å². The second-order valence-corrected chi connectivity index (χ2v) is 21.1. The van der Waals surface area contributed by atoms with Crippen LogP contribution in [-0.2, 0) is 19.1 Å². The molecule has 0 aliphatic carbocycles. The molecule has 4 saturated heterocycles. The summed E-state index contributed by atoms with van der Waals surface area (Å²) in [6.45, 7) is 9.33. The summed E-state index contributed by atoms with van der Waals surface area (Å²) >= 11 is 0. The van der Waals surface area contributed by atoms with E-state index in [1.807, 2.05) is 94.4 Å². The summed E-state index contributed by atoms with van der Waals surface area (Å²) in [4.78, 5) is 77.8. The first-order valence-electron chi connectivity index (χ1n) is 26.2. The average Bonchev–Trinajstić information content (AvgIpc) is 4.27. The summed E-state index contributed by atoms with van der Waals surface area (Å²) in [5.41, 5.74) is 5.91. The van der Waals surface area contributed by atoms with Gasteiger partial charge in [0.2, 0.25) is 11.8 Å². The van der Waals surface area contributed by atoms with Gasteiger partial charge in [0.25, 0.3) is 0 Å². The van der Waals surface area contributed by atoms with Crippen LogP contribution in [0, 0.1) is 23.5 Å². The van der Waals surface area contributed by atoms with Gasteiger partial charge in [-0.2, -0.15) is 0 Å². The number of carbonyl (C=O) groups is 4. The SMILES string of the molecule is COC(=O)N[C@H](C(=O)N1CCC[C@H]1c1nc2cc([C@H]3CC[C@H](c4ccc5[nH]c([C@@H]6CCCN6C(=O)[C@H](C(C)C)N(C)C(=O)O)nc5c4)N3c3cc(F)c(N4CCOC(c5ccccc5)C4)c(F)c3)ccc2[nH]1)C(C)C. The first kappa shape index (κ1) is 51.2. The van der Waals surface area contributed by atoms with Crippen molar-refractivity contribution >= 4 is 57.4 Å². The van der Waals surface area contributed by atoms with Gasteiger partial charge in [0.05, 0.1) is 60.0 Å². The first-order chi connectivity index (χ1) is 36.1. The monoisotopic (exact) mass is 1030 g/mol. The summed E-state index contributed by atoms with van der Waals surface area (Å²) in [5.74, 6) is -1.00. The average molecular weight is 1030 g/mol. The number of rotatable bonds is 13. The molecule has 0 bridgehead atoms. The van der Waals surface area contributed by atoms with E-state index in [0.29, 0.717) is 80.3 Å². The van der Waals surface area contributed by atoms with Crippen LogP contribution in [0.15, 0.2) is 78.9 Å². The molecule has 19 heteroatoms. The Bertz CT molecular complexity index is 3070. The zero-order valence-corrected chi connectivity index (χ0v) is 43.3. The van der Waals surface area contributed by atoms with Crippen molar-refractivity contribution in [3.63, 3.8) is 0 Å². The molecule has 10 rings (SSSR count). The number of alkyl carbamates (subject to hydrolysis) is 1. The number of fused-ring (bicyclic) bond motifs is 2. The molecule has 1 unspecified atom stereocenters. The summed E-state index contributed by atoms with van der Waals surface area (Å²) in [5, 5.41) is 12.5. The topological polar surface area (TPSA) is 193 Å². The predicted molar refractivity (Wildman–Crippen MR) is 279 cm³/mol. The van der Waals surface area contributed by atoms with Crippen LogP contribution in [0.5, 0.6) is 0 Å². The molecule has 4 N–H and O–H groups in total. The highest BCUT2D eigenvalue weighted by Gasteiger charge is 2.42. The number of carboxylic acid groups (broad SMARTS) is 1. The number of hydrogen-bond donors (Lipinski definition) is 4. The van der Waals surface area contributed by atoms with Crippen LogP contribution in [0.25, 0.3) is 22.1 Å². The van der Waals surface area contributed by atoms with Gasteiger partial charge in [-0.25, -0.2) is 28.3 Å². The van der Waals surface area contributed by atoms with Crippen LogP contribution in [-0.4, -0.2) is 123 Å². The molecular weight excluding hydrogens is 963 g/mol. The number of hydrogen-bond acceptors (Lipinski definition) is 10. The van der Waals surface area contributed by atoms with Crippen LogP contribution in [0.2, 0.25) is 0 Å². The summed E-state index contributed by atoms with van der Waals surface area (Å²) in [6, 6.07) is 21.5. The van der Waals surface area contributed by atoms with E-state index < -0.39 is 35.9 Å². The van der Waals surface area contributed by atoms with Gasteiger partial charge in [0, 0.05) is 38.9 Å². The largest absolute Gasteiger partial charge is 0.465 e. The Hall–Kier alpha value is -7.28. The number of imidazole rings is 2. The highest BCUT2D eigenvalue weighted by Crippen LogP contribution is 2.49. The van der Waals surface area contributed by atoms with Crippen molar-refractivity contribution in [3.05, 3.63) is 119 Å². The Morgan fingerprint density at radius 1 is 0.733 bits per heavy atom. The quantitative estimate of drug-likeness (QED) is 0.0861. The minimum Gasteiger partial charge on any atom is -0.465 e. The molecule has 75 heavy (non-hydrogen) atoms. The van der Waals surface area contributed by atoms with E-state index in [0.717, 1.165) is 45.5 Å². The molecule has 4 amide bonds. The first-order valence-corrected chi connectivity index (χ1v) is 26.2. The van der Waals surface area contributed by atoms with Crippen LogP contribution in [0.4, 0.5) is 29.7 Å². The zero-order chi connectivity index (χ0) is 52.8. The molecule has 6 heterocycles. The molecular formula is C56H66F2N10O7. The Morgan fingerprint density at radius 3 is 1.81 bits per heavy atom. The lowest BCUT2D eigenvalue weighted by Gasteiger charge is -2.36. The molecule has 4 fully saturated rings. The van der Waals surface area contributed by atoms with Crippen LogP contribution in [0.1, 0.15) is 125 Å². The van der Waals surface area contributed by atoms with Crippen molar-refractivity contribution in [3.8, 4) is 0 Å². The number of nitrogens with one attached hydrogen (secondary N) is 3. The summed E-state index contributed by atoms with van der Waals surface area (Å²) in [7, 11) is 2.70. The van der Waals surface area contributed by atoms with Crippen molar-refractivity contribution in [2.75, 3.05) is 56.7 Å². The third kappa shape index (κ3) is 9.93. The number of morpholine rings is 1. The van der Waals surface area contributed by atoms with Gasteiger partial charge in [-0.1, -0.05) is 70.2 Å².